The van der Waals surface area contributed by atoms with E-state index in [-0.39, 0.29) is 36.9 Å². The summed E-state index contributed by atoms with van der Waals surface area (Å²) in [5.41, 5.74) is 0. The minimum absolute atomic E-state index is 0.0432. The lowest BCUT2D eigenvalue weighted by atomic mass is 10.1. The molecule has 0 radical (unpaired) electrons. The van der Waals surface area contributed by atoms with Crippen molar-refractivity contribution < 1.29 is 33.8 Å². The van der Waals surface area contributed by atoms with Gasteiger partial charge in [0.05, 0.1) is 13.2 Å². The molecule has 0 saturated heterocycles. The van der Waals surface area contributed by atoms with Crippen LogP contribution in [0.2, 0.25) is 0 Å². The van der Waals surface area contributed by atoms with Crippen LogP contribution >= 0.6 is 0 Å². The average molecular weight is 359 g/mol. The lowest BCUT2D eigenvalue weighted by Crippen LogP contribution is -2.39. The molecule has 144 valence electrons. The Labute approximate surface area is 148 Å². The molecule has 0 aliphatic carbocycles. The van der Waals surface area contributed by atoms with Gasteiger partial charge in [-0.15, -0.1) is 0 Å². The Morgan fingerprint density at radius 2 is 1.64 bits per heavy atom. The Morgan fingerprint density at radius 1 is 1.00 bits per heavy atom. The van der Waals surface area contributed by atoms with Crippen molar-refractivity contribution in [3.8, 4) is 0 Å². The van der Waals surface area contributed by atoms with Crippen molar-refractivity contribution in [1.29, 1.82) is 0 Å². The smallest absolute Gasteiger partial charge is 0.326 e. The van der Waals surface area contributed by atoms with Gasteiger partial charge in [-0.05, 0) is 12.8 Å². The van der Waals surface area contributed by atoms with Crippen molar-refractivity contribution in [2.45, 2.75) is 52.5 Å². The van der Waals surface area contributed by atoms with Crippen LogP contribution in [0.4, 0.5) is 0 Å². The second kappa shape index (κ2) is 13.5. The fourth-order valence-corrected chi connectivity index (χ4v) is 1.86. The predicted octanol–water partition coefficient (Wildman–Crippen LogP) is 0.964. The minimum atomic E-state index is -1.15. The van der Waals surface area contributed by atoms with Gasteiger partial charge in [0.15, 0.2) is 5.78 Å². The molecule has 8 heteroatoms. The Balaban J connectivity index is 3.65. The third-order valence-electron chi connectivity index (χ3n) is 3.39. The fraction of sp³-hybridized carbons (Fsp3) is 0.765. The molecule has 8 nitrogen and oxygen atoms in total. The number of hydrogen-bond acceptors (Lipinski definition) is 6. The second-order valence-corrected chi connectivity index (χ2v) is 6.06. The SMILES string of the molecule is CC(=O)N[C@@H](CCC(=O)CCCOCCOCC(=O)C(C)C)C(=O)O. The summed E-state index contributed by atoms with van der Waals surface area (Å²) in [6.45, 7) is 6.01. The number of carboxylic acids is 1. The molecule has 0 spiro atoms. The molecule has 0 aromatic heterocycles. The first-order chi connectivity index (χ1) is 11.7. The highest BCUT2D eigenvalue weighted by atomic mass is 16.5. The first-order valence-corrected chi connectivity index (χ1v) is 8.43. The summed E-state index contributed by atoms with van der Waals surface area (Å²) in [7, 11) is 0. The molecule has 1 atom stereocenters. The largest absolute Gasteiger partial charge is 0.480 e. The van der Waals surface area contributed by atoms with Crippen LogP contribution in [0, 0.1) is 5.92 Å². The van der Waals surface area contributed by atoms with Gasteiger partial charge in [0.25, 0.3) is 0 Å². The Hall–Kier alpha value is -1.80. The molecule has 25 heavy (non-hydrogen) atoms. The van der Waals surface area contributed by atoms with Crippen molar-refractivity contribution in [1.82, 2.24) is 5.32 Å². The van der Waals surface area contributed by atoms with Crippen molar-refractivity contribution in [3.63, 3.8) is 0 Å². The number of hydrogen-bond donors (Lipinski definition) is 2. The third-order valence-corrected chi connectivity index (χ3v) is 3.39. The highest BCUT2D eigenvalue weighted by molar-refractivity contribution is 5.83. The number of carbonyl (C=O) groups excluding carboxylic acids is 3. The summed E-state index contributed by atoms with van der Waals surface area (Å²) in [5, 5.41) is 11.2. The molecule has 0 rings (SSSR count). The summed E-state index contributed by atoms with van der Waals surface area (Å²) in [5.74, 6) is -1.66. The standard InChI is InChI=1S/C17H29NO7/c1-12(2)16(21)11-25-10-9-24-8-4-5-14(20)6-7-15(17(22)23)18-13(3)19/h12,15H,4-11H2,1-3H3,(H,18,19)(H,22,23)/t15-/m0/s1. The van der Waals surface area contributed by atoms with E-state index in [4.69, 9.17) is 14.6 Å². The minimum Gasteiger partial charge on any atom is -0.480 e. The highest BCUT2D eigenvalue weighted by Crippen LogP contribution is 2.04. The van der Waals surface area contributed by atoms with E-state index in [1.54, 1.807) is 0 Å². The van der Waals surface area contributed by atoms with Gasteiger partial charge in [-0.3, -0.25) is 14.4 Å². The molecule has 1 amide bonds. The summed E-state index contributed by atoms with van der Waals surface area (Å²) >= 11 is 0. The highest BCUT2D eigenvalue weighted by Gasteiger charge is 2.19. The maximum absolute atomic E-state index is 11.7. The zero-order valence-corrected chi connectivity index (χ0v) is 15.2. The van der Waals surface area contributed by atoms with E-state index >= 15 is 0 Å². The van der Waals surface area contributed by atoms with Crippen LogP contribution in [0.15, 0.2) is 0 Å². The maximum Gasteiger partial charge on any atom is 0.326 e. The predicted molar refractivity (Wildman–Crippen MR) is 90.2 cm³/mol. The number of ketones is 2. The number of aliphatic carboxylic acids is 1. The van der Waals surface area contributed by atoms with Crippen molar-refractivity contribution >= 4 is 23.4 Å². The van der Waals surface area contributed by atoms with E-state index in [9.17, 15) is 19.2 Å². The van der Waals surface area contributed by atoms with Gasteiger partial charge in [0, 0.05) is 32.3 Å². The van der Waals surface area contributed by atoms with Gasteiger partial charge in [-0.25, -0.2) is 4.79 Å². The van der Waals surface area contributed by atoms with Gasteiger partial charge in [-0.2, -0.15) is 0 Å². The Bertz CT molecular complexity index is 448. The zero-order chi connectivity index (χ0) is 19.2. The molecule has 0 aromatic rings. The second-order valence-electron chi connectivity index (χ2n) is 6.06. The third kappa shape index (κ3) is 13.2. The molecule has 0 aliphatic rings. The van der Waals surface area contributed by atoms with Gasteiger partial charge < -0.3 is 19.9 Å². The van der Waals surface area contributed by atoms with Gasteiger partial charge in [-0.1, -0.05) is 13.8 Å². The quantitative estimate of drug-likeness (QED) is 0.418. The summed E-state index contributed by atoms with van der Waals surface area (Å²) in [4.78, 5) is 44.8. The summed E-state index contributed by atoms with van der Waals surface area (Å²) in [6, 6.07) is -1.04. The summed E-state index contributed by atoms with van der Waals surface area (Å²) in [6.07, 6.45) is 0.991. The van der Waals surface area contributed by atoms with E-state index in [2.05, 4.69) is 5.32 Å². The van der Waals surface area contributed by atoms with Crippen LogP contribution in [0.3, 0.4) is 0 Å². The topological polar surface area (TPSA) is 119 Å². The number of nitrogens with one attached hydrogen (secondary N) is 1. The van der Waals surface area contributed by atoms with E-state index in [1.165, 1.54) is 6.92 Å². The molecule has 0 heterocycles. The van der Waals surface area contributed by atoms with Crippen molar-refractivity contribution in [2.24, 2.45) is 5.92 Å². The first-order valence-electron chi connectivity index (χ1n) is 8.43. The van der Waals surface area contributed by atoms with Gasteiger partial charge in [0.2, 0.25) is 5.91 Å². The Kier molecular flexibility index (Phi) is 12.5. The van der Waals surface area contributed by atoms with E-state index in [0.29, 0.717) is 32.7 Å². The monoisotopic (exact) mass is 359 g/mol. The average Bonchev–Trinajstić information content (AvgIpc) is 2.52. The lowest BCUT2D eigenvalue weighted by molar-refractivity contribution is -0.141. The molecular weight excluding hydrogens is 330 g/mol. The fourth-order valence-electron chi connectivity index (χ4n) is 1.86. The zero-order valence-electron chi connectivity index (χ0n) is 15.2. The van der Waals surface area contributed by atoms with E-state index in [0.717, 1.165) is 0 Å². The number of carboxylic acid groups (broad SMARTS) is 1. The van der Waals surface area contributed by atoms with Crippen LogP contribution in [0.1, 0.15) is 46.5 Å². The molecule has 0 fully saturated rings. The molecule has 0 aromatic carbocycles. The van der Waals surface area contributed by atoms with E-state index < -0.39 is 17.9 Å². The van der Waals surface area contributed by atoms with E-state index in [1.807, 2.05) is 13.8 Å². The summed E-state index contributed by atoms with van der Waals surface area (Å²) < 4.78 is 10.5. The van der Waals surface area contributed by atoms with Crippen molar-refractivity contribution in [2.75, 3.05) is 26.4 Å². The van der Waals surface area contributed by atoms with Crippen LogP contribution in [0.25, 0.3) is 0 Å². The van der Waals surface area contributed by atoms with Crippen molar-refractivity contribution in [3.05, 3.63) is 0 Å². The number of carbonyl (C=O) groups is 4. The van der Waals surface area contributed by atoms with Crippen LogP contribution in [0.5, 0.6) is 0 Å². The molecule has 0 unspecified atom stereocenters. The lowest BCUT2D eigenvalue weighted by Gasteiger charge is -2.12. The van der Waals surface area contributed by atoms with Crippen LogP contribution in [-0.4, -0.2) is 61.0 Å². The molecule has 0 saturated carbocycles. The van der Waals surface area contributed by atoms with Gasteiger partial charge in [0.1, 0.15) is 18.4 Å². The number of amides is 1. The number of rotatable bonds is 15. The van der Waals surface area contributed by atoms with Gasteiger partial charge >= 0.3 is 5.97 Å². The molecular formula is C17H29NO7. The molecule has 2 N–H and O–H groups in total. The van der Waals surface area contributed by atoms with Crippen LogP contribution < -0.4 is 5.32 Å². The molecule has 0 aliphatic heterocycles. The number of ether oxygens (including phenoxy) is 2. The Morgan fingerprint density at radius 3 is 2.20 bits per heavy atom. The van der Waals surface area contributed by atoms with Crippen LogP contribution in [-0.2, 0) is 28.7 Å². The maximum atomic E-state index is 11.7. The first kappa shape index (κ1) is 23.2. The number of Topliss-reactive ketones (excluding diaryl/α,β-unsaturated/α-hetero) is 2. The molecule has 0 bridgehead atoms. The normalized spacial score (nSPS) is 12.0.